The molecule has 0 aromatic heterocycles. The molecule has 0 fully saturated rings. The molecule has 21 heavy (non-hydrogen) atoms. The Kier molecular flexibility index (Phi) is 5.34. The quantitative estimate of drug-likeness (QED) is 0.542. The highest BCUT2D eigenvalue weighted by Gasteiger charge is 2.11. The normalized spacial score (nSPS) is 11.0. The summed E-state index contributed by atoms with van der Waals surface area (Å²) in [6.07, 6.45) is 0. The van der Waals surface area contributed by atoms with E-state index < -0.39 is 0 Å². The van der Waals surface area contributed by atoms with Gasteiger partial charge in [-0.3, -0.25) is 0 Å². The van der Waals surface area contributed by atoms with Crippen LogP contribution in [0.2, 0.25) is 5.02 Å². The Balaban J connectivity index is 2.35. The Labute approximate surface area is 140 Å². The van der Waals surface area contributed by atoms with Crippen LogP contribution < -0.4 is 4.74 Å². The average Bonchev–Trinajstić information content (AvgIpc) is 2.41. The fourth-order valence-corrected chi connectivity index (χ4v) is 3.30. The van der Waals surface area contributed by atoms with Crippen molar-refractivity contribution in [2.45, 2.75) is 38.9 Å². The summed E-state index contributed by atoms with van der Waals surface area (Å²) in [5, 5.41) is 1.66. The number of hydrogen-bond donors (Lipinski definition) is 0. The molecule has 0 bridgehead atoms. The van der Waals surface area contributed by atoms with E-state index in [1.165, 1.54) is 11.1 Å². The minimum absolute atomic E-state index is 0.373. The zero-order chi connectivity index (χ0) is 15.6. The van der Waals surface area contributed by atoms with Crippen molar-refractivity contribution in [1.29, 1.82) is 0 Å². The summed E-state index contributed by atoms with van der Waals surface area (Å²) >= 11 is 9.79. The second-order valence-corrected chi connectivity index (χ2v) is 6.59. The van der Waals surface area contributed by atoms with Gasteiger partial charge >= 0.3 is 0 Å². The SMILES string of the molecule is Cc1cc(Oc2cc(C(C)C)c(Cl)cc2C)ccc1CBr. The van der Waals surface area contributed by atoms with E-state index in [2.05, 4.69) is 54.9 Å². The Hall–Kier alpha value is -0.990. The highest BCUT2D eigenvalue weighted by Crippen LogP contribution is 2.34. The summed E-state index contributed by atoms with van der Waals surface area (Å²) < 4.78 is 6.06. The minimum atomic E-state index is 0.373. The number of aryl methyl sites for hydroxylation is 2. The van der Waals surface area contributed by atoms with Crippen molar-refractivity contribution in [2.24, 2.45) is 0 Å². The molecule has 2 rings (SSSR count). The van der Waals surface area contributed by atoms with Crippen LogP contribution in [0.1, 0.15) is 42.0 Å². The lowest BCUT2D eigenvalue weighted by atomic mass is 10.0. The van der Waals surface area contributed by atoms with Crippen molar-refractivity contribution < 1.29 is 4.74 Å². The molecule has 3 heteroatoms. The topological polar surface area (TPSA) is 9.23 Å². The van der Waals surface area contributed by atoms with Crippen molar-refractivity contribution in [1.82, 2.24) is 0 Å². The largest absolute Gasteiger partial charge is 0.457 e. The molecule has 0 amide bonds. The zero-order valence-corrected chi connectivity index (χ0v) is 15.2. The molecule has 0 unspecified atom stereocenters. The maximum Gasteiger partial charge on any atom is 0.130 e. The van der Waals surface area contributed by atoms with Crippen LogP contribution in [0.15, 0.2) is 30.3 Å². The van der Waals surface area contributed by atoms with Crippen LogP contribution in [-0.2, 0) is 5.33 Å². The lowest BCUT2D eigenvalue weighted by Gasteiger charge is -2.15. The van der Waals surface area contributed by atoms with Crippen molar-refractivity contribution in [3.8, 4) is 11.5 Å². The van der Waals surface area contributed by atoms with Crippen molar-refractivity contribution in [3.05, 3.63) is 57.6 Å². The molecule has 0 heterocycles. The van der Waals surface area contributed by atoms with Crippen LogP contribution in [0, 0.1) is 13.8 Å². The van der Waals surface area contributed by atoms with Gasteiger partial charge in [0.25, 0.3) is 0 Å². The molecule has 0 atom stereocenters. The molecule has 0 aliphatic rings. The Morgan fingerprint density at radius 2 is 1.81 bits per heavy atom. The first kappa shape index (κ1) is 16.4. The van der Waals surface area contributed by atoms with Gasteiger partial charge in [0.15, 0.2) is 0 Å². The fraction of sp³-hybridized carbons (Fsp3) is 0.333. The van der Waals surface area contributed by atoms with Crippen LogP contribution in [0.5, 0.6) is 11.5 Å². The molecule has 2 aromatic rings. The molecule has 0 radical (unpaired) electrons. The predicted octanol–water partition coefficient (Wildman–Crippen LogP) is 6.77. The summed E-state index contributed by atoms with van der Waals surface area (Å²) in [4.78, 5) is 0. The van der Waals surface area contributed by atoms with E-state index in [-0.39, 0.29) is 0 Å². The van der Waals surface area contributed by atoms with Crippen molar-refractivity contribution >= 4 is 27.5 Å². The van der Waals surface area contributed by atoms with E-state index >= 15 is 0 Å². The molecule has 0 saturated heterocycles. The second-order valence-electron chi connectivity index (χ2n) is 5.62. The van der Waals surface area contributed by atoms with Gasteiger partial charge in [0.05, 0.1) is 0 Å². The van der Waals surface area contributed by atoms with Crippen LogP contribution in [0.3, 0.4) is 0 Å². The first-order valence-electron chi connectivity index (χ1n) is 7.05. The van der Waals surface area contributed by atoms with E-state index in [1.54, 1.807) is 0 Å². The minimum Gasteiger partial charge on any atom is -0.457 e. The summed E-state index contributed by atoms with van der Waals surface area (Å²) in [5.41, 5.74) is 4.66. The van der Waals surface area contributed by atoms with Gasteiger partial charge in [-0.1, -0.05) is 47.4 Å². The number of hydrogen-bond acceptors (Lipinski definition) is 1. The van der Waals surface area contributed by atoms with Crippen LogP contribution >= 0.6 is 27.5 Å². The summed E-state index contributed by atoms with van der Waals surface area (Å²) in [7, 11) is 0. The molecular weight excluding hydrogens is 348 g/mol. The van der Waals surface area contributed by atoms with Gasteiger partial charge in [-0.2, -0.15) is 0 Å². The third kappa shape index (κ3) is 3.81. The summed E-state index contributed by atoms with van der Waals surface area (Å²) in [5.74, 6) is 2.10. The van der Waals surface area contributed by atoms with Gasteiger partial charge in [0.1, 0.15) is 11.5 Å². The fourth-order valence-electron chi connectivity index (χ4n) is 2.23. The van der Waals surface area contributed by atoms with Gasteiger partial charge in [-0.25, -0.2) is 0 Å². The first-order valence-corrected chi connectivity index (χ1v) is 8.55. The molecule has 0 spiro atoms. The van der Waals surface area contributed by atoms with Crippen LogP contribution in [0.4, 0.5) is 0 Å². The highest BCUT2D eigenvalue weighted by molar-refractivity contribution is 9.08. The smallest absolute Gasteiger partial charge is 0.130 e. The summed E-state index contributed by atoms with van der Waals surface area (Å²) in [6.45, 7) is 8.38. The number of halogens is 2. The Morgan fingerprint density at radius 3 is 2.38 bits per heavy atom. The van der Waals surface area contributed by atoms with Gasteiger partial charge in [-0.05, 0) is 66.3 Å². The van der Waals surface area contributed by atoms with Gasteiger partial charge < -0.3 is 4.74 Å². The average molecular weight is 368 g/mol. The first-order chi connectivity index (χ1) is 9.92. The van der Waals surface area contributed by atoms with E-state index in [0.717, 1.165) is 33.0 Å². The Bertz CT molecular complexity index is 650. The number of rotatable bonds is 4. The molecular formula is C18H20BrClO. The molecule has 0 aliphatic heterocycles. The zero-order valence-electron chi connectivity index (χ0n) is 12.8. The monoisotopic (exact) mass is 366 g/mol. The van der Waals surface area contributed by atoms with Gasteiger partial charge in [-0.15, -0.1) is 0 Å². The molecule has 0 saturated carbocycles. The van der Waals surface area contributed by atoms with Crippen molar-refractivity contribution in [2.75, 3.05) is 0 Å². The third-order valence-corrected chi connectivity index (χ3v) is 4.53. The van der Waals surface area contributed by atoms with Crippen molar-refractivity contribution in [3.63, 3.8) is 0 Å². The van der Waals surface area contributed by atoms with E-state index in [1.807, 2.05) is 19.1 Å². The lowest BCUT2D eigenvalue weighted by molar-refractivity contribution is 0.477. The number of benzene rings is 2. The van der Waals surface area contributed by atoms with Crippen LogP contribution in [-0.4, -0.2) is 0 Å². The van der Waals surface area contributed by atoms with E-state index in [4.69, 9.17) is 16.3 Å². The van der Waals surface area contributed by atoms with Gasteiger partial charge in [0.2, 0.25) is 0 Å². The molecule has 0 N–H and O–H groups in total. The second kappa shape index (κ2) is 6.85. The van der Waals surface area contributed by atoms with E-state index in [9.17, 15) is 0 Å². The highest BCUT2D eigenvalue weighted by atomic mass is 79.9. The standard InChI is InChI=1S/C18H20BrClO/c1-11(2)16-9-18(13(4)8-17(16)20)21-15-6-5-14(10-19)12(3)7-15/h5-9,11H,10H2,1-4H3. The summed E-state index contributed by atoms with van der Waals surface area (Å²) in [6, 6.07) is 10.2. The number of ether oxygens (including phenoxy) is 1. The molecule has 2 aromatic carbocycles. The molecule has 0 aliphatic carbocycles. The number of alkyl halides is 1. The molecule has 1 nitrogen and oxygen atoms in total. The molecule has 112 valence electrons. The Morgan fingerprint density at radius 1 is 1.10 bits per heavy atom. The maximum atomic E-state index is 6.30. The van der Waals surface area contributed by atoms with Gasteiger partial charge in [0, 0.05) is 10.4 Å². The van der Waals surface area contributed by atoms with Crippen LogP contribution in [0.25, 0.3) is 0 Å². The predicted molar refractivity (Wildman–Crippen MR) is 94.2 cm³/mol. The lowest BCUT2D eigenvalue weighted by Crippen LogP contribution is -1.95. The maximum absolute atomic E-state index is 6.30. The van der Waals surface area contributed by atoms with E-state index in [0.29, 0.717) is 5.92 Å². The third-order valence-electron chi connectivity index (χ3n) is 3.60.